The third-order valence-electron chi connectivity index (χ3n) is 2.93. The van der Waals surface area contributed by atoms with E-state index in [1.54, 1.807) is 0 Å². The molecule has 15 heavy (non-hydrogen) atoms. The molecule has 0 aromatic heterocycles. The molecule has 2 unspecified atom stereocenters. The maximum atomic E-state index is 11.5. The van der Waals surface area contributed by atoms with Crippen molar-refractivity contribution in [2.75, 3.05) is 6.54 Å². The summed E-state index contributed by atoms with van der Waals surface area (Å²) in [6.07, 6.45) is 3.98. The molecule has 3 heteroatoms. The number of carbonyl (C=O) groups excluding carboxylic acids is 1. The number of nitrogens with one attached hydrogen (secondary N) is 2. The van der Waals surface area contributed by atoms with E-state index in [0.717, 1.165) is 18.9 Å². The number of rotatable bonds is 7. The summed E-state index contributed by atoms with van der Waals surface area (Å²) in [5, 5.41) is 6.39. The van der Waals surface area contributed by atoms with Crippen molar-refractivity contribution < 1.29 is 4.79 Å². The summed E-state index contributed by atoms with van der Waals surface area (Å²) in [6, 6.07) is 1.00. The van der Waals surface area contributed by atoms with Gasteiger partial charge in [0.05, 0.1) is 0 Å². The normalized spacial score (nSPS) is 24.3. The lowest BCUT2D eigenvalue weighted by molar-refractivity contribution is -0.121. The van der Waals surface area contributed by atoms with Crippen LogP contribution in [0.5, 0.6) is 0 Å². The fraction of sp³-hybridized carbons (Fsp3) is 0.917. The fourth-order valence-corrected chi connectivity index (χ4v) is 1.79. The largest absolute Gasteiger partial charge is 0.353 e. The summed E-state index contributed by atoms with van der Waals surface area (Å²) < 4.78 is 0. The van der Waals surface area contributed by atoms with Gasteiger partial charge in [0.2, 0.25) is 5.91 Å². The van der Waals surface area contributed by atoms with Gasteiger partial charge in [-0.15, -0.1) is 0 Å². The number of amides is 1. The molecule has 2 atom stereocenters. The molecule has 0 bridgehead atoms. The van der Waals surface area contributed by atoms with Crippen molar-refractivity contribution in [2.24, 2.45) is 5.92 Å². The van der Waals surface area contributed by atoms with E-state index in [9.17, 15) is 4.79 Å². The monoisotopic (exact) mass is 212 g/mol. The maximum Gasteiger partial charge on any atom is 0.220 e. The number of carbonyl (C=O) groups is 1. The lowest BCUT2D eigenvalue weighted by atomic mass is 10.2. The van der Waals surface area contributed by atoms with Gasteiger partial charge >= 0.3 is 0 Å². The van der Waals surface area contributed by atoms with Crippen molar-refractivity contribution in [3.05, 3.63) is 0 Å². The molecule has 0 aromatic rings. The zero-order chi connectivity index (χ0) is 11.3. The molecule has 2 N–H and O–H groups in total. The van der Waals surface area contributed by atoms with E-state index in [0.29, 0.717) is 18.5 Å². The number of hydrogen-bond donors (Lipinski definition) is 2. The van der Waals surface area contributed by atoms with E-state index in [1.807, 2.05) is 0 Å². The van der Waals surface area contributed by atoms with Crippen LogP contribution >= 0.6 is 0 Å². The van der Waals surface area contributed by atoms with E-state index in [4.69, 9.17) is 0 Å². The molecule has 3 nitrogen and oxygen atoms in total. The second kappa shape index (κ2) is 6.11. The molecule has 1 aliphatic carbocycles. The van der Waals surface area contributed by atoms with E-state index < -0.39 is 0 Å². The van der Waals surface area contributed by atoms with Crippen molar-refractivity contribution in [3.8, 4) is 0 Å². The summed E-state index contributed by atoms with van der Waals surface area (Å²) in [5.74, 6) is 0.976. The lowest BCUT2D eigenvalue weighted by Crippen LogP contribution is -2.29. The van der Waals surface area contributed by atoms with Crippen molar-refractivity contribution in [1.82, 2.24) is 10.6 Å². The first kappa shape index (κ1) is 12.5. The predicted molar refractivity (Wildman–Crippen MR) is 62.7 cm³/mol. The second-order valence-electron chi connectivity index (χ2n) is 4.79. The molecule has 1 aliphatic rings. The Hall–Kier alpha value is -0.570. The van der Waals surface area contributed by atoms with Gasteiger partial charge in [0.1, 0.15) is 0 Å². The minimum absolute atomic E-state index is 0.224. The molecule has 1 amide bonds. The van der Waals surface area contributed by atoms with Gasteiger partial charge in [0.25, 0.3) is 0 Å². The molecular weight excluding hydrogens is 188 g/mol. The Labute approximate surface area is 93.0 Å². The summed E-state index contributed by atoms with van der Waals surface area (Å²) in [5.41, 5.74) is 0. The van der Waals surface area contributed by atoms with Crippen molar-refractivity contribution in [1.29, 1.82) is 0 Å². The summed E-state index contributed by atoms with van der Waals surface area (Å²) >= 11 is 0. The Morgan fingerprint density at radius 1 is 1.47 bits per heavy atom. The van der Waals surface area contributed by atoms with E-state index in [-0.39, 0.29) is 5.91 Å². The Morgan fingerprint density at radius 3 is 2.73 bits per heavy atom. The molecule has 1 rings (SSSR count). The van der Waals surface area contributed by atoms with Gasteiger partial charge in [-0.25, -0.2) is 0 Å². The molecule has 1 fully saturated rings. The van der Waals surface area contributed by atoms with Crippen LogP contribution in [0.15, 0.2) is 0 Å². The second-order valence-corrected chi connectivity index (χ2v) is 4.79. The summed E-state index contributed by atoms with van der Waals surface area (Å²) in [4.78, 5) is 11.5. The quantitative estimate of drug-likeness (QED) is 0.630. The van der Waals surface area contributed by atoms with Crippen LogP contribution in [0, 0.1) is 5.92 Å². The average molecular weight is 212 g/mol. The maximum absolute atomic E-state index is 11.5. The first-order valence-corrected chi connectivity index (χ1v) is 6.16. The van der Waals surface area contributed by atoms with Crippen LogP contribution in [-0.4, -0.2) is 24.5 Å². The number of hydrogen-bond acceptors (Lipinski definition) is 2. The van der Waals surface area contributed by atoms with Gasteiger partial charge in [-0.1, -0.05) is 27.2 Å². The van der Waals surface area contributed by atoms with Gasteiger partial charge in [0, 0.05) is 18.5 Å². The minimum Gasteiger partial charge on any atom is -0.353 e. The van der Waals surface area contributed by atoms with Gasteiger partial charge < -0.3 is 10.6 Å². The first-order valence-electron chi connectivity index (χ1n) is 6.16. The van der Waals surface area contributed by atoms with Gasteiger partial charge in [0.15, 0.2) is 0 Å². The molecule has 0 aliphatic heterocycles. The van der Waals surface area contributed by atoms with Crippen LogP contribution in [0.4, 0.5) is 0 Å². The van der Waals surface area contributed by atoms with Crippen LogP contribution in [0.3, 0.4) is 0 Å². The summed E-state index contributed by atoms with van der Waals surface area (Å²) in [7, 11) is 0. The average Bonchev–Trinajstić information content (AvgIpc) is 2.91. The zero-order valence-corrected chi connectivity index (χ0v) is 10.2. The molecule has 88 valence electrons. The highest BCUT2D eigenvalue weighted by Gasteiger charge is 2.36. The first-order chi connectivity index (χ1) is 7.13. The molecule has 0 heterocycles. The molecular formula is C12H24N2O. The van der Waals surface area contributed by atoms with Crippen molar-refractivity contribution in [3.63, 3.8) is 0 Å². The van der Waals surface area contributed by atoms with Crippen LogP contribution in [0.25, 0.3) is 0 Å². The van der Waals surface area contributed by atoms with Crippen molar-refractivity contribution >= 4 is 5.91 Å². The predicted octanol–water partition coefficient (Wildman–Crippen LogP) is 1.68. The van der Waals surface area contributed by atoms with Crippen LogP contribution in [0.1, 0.15) is 46.5 Å². The smallest absolute Gasteiger partial charge is 0.220 e. The highest BCUT2D eigenvalue weighted by Crippen LogP contribution is 2.33. The third kappa shape index (κ3) is 5.17. The van der Waals surface area contributed by atoms with E-state index in [2.05, 4.69) is 31.4 Å². The van der Waals surface area contributed by atoms with E-state index >= 15 is 0 Å². The van der Waals surface area contributed by atoms with Crippen molar-refractivity contribution in [2.45, 2.75) is 58.5 Å². The Morgan fingerprint density at radius 2 is 2.20 bits per heavy atom. The standard InChI is InChI=1S/C12H24N2O/c1-4-10-8-11(10)14-12(15)6-5-7-13-9(2)3/h9-11,13H,4-8H2,1-3H3,(H,14,15). The highest BCUT2D eigenvalue weighted by molar-refractivity contribution is 5.76. The minimum atomic E-state index is 0.224. The Balaban J connectivity index is 1.95. The molecule has 1 saturated carbocycles. The molecule has 0 spiro atoms. The van der Waals surface area contributed by atoms with Gasteiger partial charge in [-0.3, -0.25) is 4.79 Å². The molecule has 0 saturated heterocycles. The fourth-order valence-electron chi connectivity index (χ4n) is 1.79. The molecule has 0 radical (unpaired) electrons. The van der Waals surface area contributed by atoms with E-state index in [1.165, 1.54) is 12.8 Å². The summed E-state index contributed by atoms with van der Waals surface area (Å²) in [6.45, 7) is 7.36. The van der Waals surface area contributed by atoms with Crippen LogP contribution in [-0.2, 0) is 4.79 Å². The van der Waals surface area contributed by atoms with Gasteiger partial charge in [-0.05, 0) is 25.3 Å². The molecule has 0 aromatic carbocycles. The Bertz CT molecular complexity index is 204. The SMILES string of the molecule is CCC1CC1NC(=O)CCCNC(C)C. The van der Waals surface area contributed by atoms with Gasteiger partial charge in [-0.2, -0.15) is 0 Å². The third-order valence-corrected chi connectivity index (χ3v) is 2.93. The van der Waals surface area contributed by atoms with Crippen LogP contribution < -0.4 is 10.6 Å². The highest BCUT2D eigenvalue weighted by atomic mass is 16.1. The lowest BCUT2D eigenvalue weighted by Gasteiger charge is -2.07. The Kier molecular flexibility index (Phi) is 5.09. The zero-order valence-electron chi connectivity index (χ0n) is 10.2. The topological polar surface area (TPSA) is 41.1 Å². The van der Waals surface area contributed by atoms with Crippen LogP contribution in [0.2, 0.25) is 0 Å².